The van der Waals surface area contributed by atoms with Crippen LogP contribution in [0.25, 0.3) is 0 Å². The third-order valence-electron chi connectivity index (χ3n) is 5.26. The zero-order valence-electron chi connectivity index (χ0n) is 17.4. The van der Waals surface area contributed by atoms with Crippen LogP contribution in [0.5, 0.6) is 0 Å². The Morgan fingerprint density at radius 2 is 1.52 bits per heavy atom. The summed E-state index contributed by atoms with van der Waals surface area (Å²) in [7, 11) is 0. The summed E-state index contributed by atoms with van der Waals surface area (Å²) in [6, 6.07) is 29.0. The van der Waals surface area contributed by atoms with E-state index in [2.05, 4.69) is 5.16 Å². The number of carbonyl (C=O) groups is 1. The van der Waals surface area contributed by atoms with E-state index in [1.54, 1.807) is 0 Å². The van der Waals surface area contributed by atoms with E-state index in [1.165, 1.54) is 0 Å². The fraction of sp³-hybridized carbons (Fsp3) is 0.231. The molecule has 4 rings (SSSR count). The van der Waals surface area contributed by atoms with Gasteiger partial charge < -0.3 is 14.3 Å². The quantitative estimate of drug-likeness (QED) is 0.514. The average Bonchev–Trinajstić information content (AvgIpc) is 2.84. The van der Waals surface area contributed by atoms with Gasteiger partial charge in [-0.3, -0.25) is 4.79 Å². The van der Waals surface area contributed by atoms with Gasteiger partial charge in [-0.2, -0.15) is 0 Å². The lowest BCUT2D eigenvalue weighted by Gasteiger charge is -2.35. The van der Waals surface area contributed by atoms with Gasteiger partial charge in [-0.15, -0.1) is 0 Å². The van der Waals surface area contributed by atoms with E-state index < -0.39 is 18.1 Å². The lowest BCUT2D eigenvalue weighted by atomic mass is 9.79. The van der Waals surface area contributed by atoms with E-state index in [0.29, 0.717) is 12.3 Å². The summed E-state index contributed by atoms with van der Waals surface area (Å²) in [6.07, 6.45) is -0.686. The van der Waals surface area contributed by atoms with Crippen LogP contribution in [-0.2, 0) is 25.7 Å². The highest BCUT2D eigenvalue weighted by Crippen LogP contribution is 2.38. The van der Waals surface area contributed by atoms with E-state index >= 15 is 0 Å². The zero-order valence-corrected chi connectivity index (χ0v) is 17.4. The van der Waals surface area contributed by atoms with Crippen LogP contribution in [0.4, 0.5) is 0 Å². The highest BCUT2D eigenvalue weighted by Gasteiger charge is 2.45. The fourth-order valence-corrected chi connectivity index (χ4v) is 3.80. The van der Waals surface area contributed by atoms with Crippen molar-refractivity contribution >= 4 is 11.7 Å². The smallest absolute Gasteiger partial charge is 0.316 e. The summed E-state index contributed by atoms with van der Waals surface area (Å²) in [5.41, 5.74) is 3.23. The van der Waals surface area contributed by atoms with Gasteiger partial charge in [0.1, 0.15) is 18.2 Å². The third-order valence-corrected chi connectivity index (χ3v) is 5.26. The monoisotopic (exact) mass is 415 g/mol. The normalized spacial score (nSPS) is 20.4. The maximum atomic E-state index is 13.5. The first kappa shape index (κ1) is 20.8. The van der Waals surface area contributed by atoms with Crippen molar-refractivity contribution in [3.05, 3.63) is 108 Å². The van der Waals surface area contributed by atoms with Gasteiger partial charge in [-0.05, 0) is 18.1 Å². The molecule has 3 aromatic carbocycles. The fourth-order valence-electron chi connectivity index (χ4n) is 3.80. The maximum absolute atomic E-state index is 13.5. The lowest BCUT2D eigenvalue weighted by molar-refractivity contribution is -0.177. The number of rotatable bonds is 7. The molecule has 0 amide bonds. The number of esters is 1. The third kappa shape index (κ3) is 4.84. The lowest BCUT2D eigenvalue weighted by Crippen LogP contribution is -2.43. The van der Waals surface area contributed by atoms with Crippen molar-refractivity contribution in [3.63, 3.8) is 0 Å². The summed E-state index contributed by atoms with van der Waals surface area (Å²) in [5.74, 6) is -1.41. The molecule has 1 heterocycles. The molecule has 5 nitrogen and oxygen atoms in total. The summed E-state index contributed by atoms with van der Waals surface area (Å²) in [4.78, 5) is 19.2. The minimum Gasteiger partial charge on any atom is -0.460 e. The number of hydrogen-bond acceptors (Lipinski definition) is 5. The minimum atomic E-state index is -0.686. The second kappa shape index (κ2) is 10.0. The largest absolute Gasteiger partial charge is 0.460 e. The van der Waals surface area contributed by atoms with Crippen molar-refractivity contribution in [2.45, 2.75) is 25.7 Å². The standard InChI is InChI=1S/C26H25NO4/c1-2-29-26-22(20-14-8-4-9-15-20)23(24(27-31-26)21-16-10-5-11-17-21)25(28)30-18-19-12-6-3-7-13-19/h3-17,22-23,26H,2,18H2,1H3/t22-,23-,26-/m1/s1. The second-order valence-electron chi connectivity index (χ2n) is 7.28. The van der Waals surface area contributed by atoms with Crippen LogP contribution < -0.4 is 0 Å². The molecule has 0 radical (unpaired) electrons. The summed E-state index contributed by atoms with van der Waals surface area (Å²) < 4.78 is 11.6. The Morgan fingerprint density at radius 3 is 2.16 bits per heavy atom. The van der Waals surface area contributed by atoms with Gasteiger partial charge in [0.15, 0.2) is 0 Å². The number of benzene rings is 3. The average molecular weight is 415 g/mol. The summed E-state index contributed by atoms with van der Waals surface area (Å²) in [5, 5.41) is 4.32. The molecule has 0 spiro atoms. The van der Waals surface area contributed by atoms with E-state index in [-0.39, 0.29) is 12.6 Å². The Bertz CT molecular complexity index is 1010. The van der Waals surface area contributed by atoms with Crippen molar-refractivity contribution in [1.29, 1.82) is 0 Å². The van der Waals surface area contributed by atoms with Crippen LogP contribution in [0.1, 0.15) is 29.5 Å². The highest BCUT2D eigenvalue weighted by molar-refractivity contribution is 6.12. The zero-order chi connectivity index (χ0) is 21.5. The van der Waals surface area contributed by atoms with Crippen LogP contribution in [0.3, 0.4) is 0 Å². The molecule has 0 N–H and O–H groups in total. The van der Waals surface area contributed by atoms with Gasteiger partial charge in [-0.1, -0.05) is 96.2 Å². The summed E-state index contributed by atoms with van der Waals surface area (Å²) in [6.45, 7) is 2.53. The molecule has 31 heavy (non-hydrogen) atoms. The molecule has 0 bridgehead atoms. The first-order valence-electron chi connectivity index (χ1n) is 10.4. The van der Waals surface area contributed by atoms with E-state index in [1.807, 2.05) is 97.9 Å². The Labute approximate surface area is 182 Å². The van der Waals surface area contributed by atoms with E-state index in [4.69, 9.17) is 14.3 Å². The predicted octanol–water partition coefficient (Wildman–Crippen LogP) is 4.93. The van der Waals surface area contributed by atoms with E-state index in [0.717, 1.165) is 16.7 Å². The molecule has 1 aliphatic heterocycles. The molecule has 3 atom stereocenters. The molecular formula is C26H25NO4. The van der Waals surface area contributed by atoms with Gasteiger partial charge in [0.05, 0.1) is 5.92 Å². The first-order chi connectivity index (χ1) is 15.3. The molecule has 0 saturated carbocycles. The predicted molar refractivity (Wildman–Crippen MR) is 118 cm³/mol. The van der Waals surface area contributed by atoms with Crippen LogP contribution in [0.2, 0.25) is 0 Å². The van der Waals surface area contributed by atoms with Gasteiger partial charge in [-0.25, -0.2) is 0 Å². The second-order valence-corrected chi connectivity index (χ2v) is 7.28. The molecule has 0 unspecified atom stereocenters. The van der Waals surface area contributed by atoms with Crippen molar-refractivity contribution in [1.82, 2.24) is 0 Å². The summed E-state index contributed by atoms with van der Waals surface area (Å²) >= 11 is 0. The first-order valence-corrected chi connectivity index (χ1v) is 10.4. The van der Waals surface area contributed by atoms with Crippen LogP contribution >= 0.6 is 0 Å². The molecular weight excluding hydrogens is 390 g/mol. The van der Waals surface area contributed by atoms with Crippen molar-refractivity contribution < 1.29 is 19.1 Å². The molecule has 0 aliphatic carbocycles. The SMILES string of the molecule is CCO[C@@H]1ON=C(c2ccccc2)[C@H](C(=O)OCc2ccccc2)[C@H]1c1ccccc1. The number of ether oxygens (including phenoxy) is 2. The maximum Gasteiger partial charge on any atom is 0.316 e. The molecule has 0 fully saturated rings. The Balaban J connectivity index is 1.71. The van der Waals surface area contributed by atoms with Gasteiger partial charge in [0, 0.05) is 12.2 Å². The topological polar surface area (TPSA) is 57.1 Å². The van der Waals surface area contributed by atoms with Gasteiger partial charge >= 0.3 is 5.97 Å². The van der Waals surface area contributed by atoms with Crippen molar-refractivity contribution in [3.8, 4) is 0 Å². The Morgan fingerprint density at radius 1 is 0.903 bits per heavy atom. The van der Waals surface area contributed by atoms with Crippen LogP contribution in [0, 0.1) is 5.92 Å². The van der Waals surface area contributed by atoms with E-state index in [9.17, 15) is 4.79 Å². The number of carbonyl (C=O) groups excluding carboxylic acids is 1. The molecule has 1 aliphatic rings. The number of hydrogen-bond donors (Lipinski definition) is 0. The highest BCUT2D eigenvalue weighted by atomic mass is 16.8. The molecule has 3 aromatic rings. The molecule has 0 aromatic heterocycles. The van der Waals surface area contributed by atoms with Crippen molar-refractivity contribution in [2.24, 2.45) is 11.1 Å². The Kier molecular flexibility index (Phi) is 6.75. The van der Waals surface area contributed by atoms with Crippen LogP contribution in [0.15, 0.2) is 96.2 Å². The number of oxime groups is 1. The molecule has 158 valence electrons. The van der Waals surface area contributed by atoms with Gasteiger partial charge in [0.25, 0.3) is 0 Å². The molecule has 0 saturated heterocycles. The Hall–Kier alpha value is -3.44. The van der Waals surface area contributed by atoms with Gasteiger partial charge in [0.2, 0.25) is 6.29 Å². The molecule has 5 heteroatoms. The number of nitrogens with zero attached hydrogens (tertiary/aromatic N) is 1. The minimum absolute atomic E-state index is 0.194. The van der Waals surface area contributed by atoms with Crippen molar-refractivity contribution in [2.75, 3.05) is 6.61 Å². The van der Waals surface area contributed by atoms with Crippen LogP contribution in [-0.4, -0.2) is 24.6 Å².